The first-order chi connectivity index (χ1) is 17.4. The number of hydrogen-bond donors (Lipinski definition) is 0. The Bertz CT molecular complexity index is 2040. The van der Waals surface area contributed by atoms with Crippen LogP contribution in [0.25, 0.3) is 66.3 Å². The molecule has 0 saturated carbocycles. The zero-order chi connectivity index (χ0) is 22.9. The van der Waals surface area contributed by atoms with Gasteiger partial charge >= 0.3 is 0 Å². The van der Waals surface area contributed by atoms with Gasteiger partial charge in [0.2, 0.25) is 5.71 Å². The molecule has 0 radical (unpaired) electrons. The van der Waals surface area contributed by atoms with Crippen molar-refractivity contribution < 1.29 is 4.42 Å². The van der Waals surface area contributed by atoms with E-state index in [9.17, 15) is 0 Å². The topological polar surface area (TPSA) is 22.5 Å². The van der Waals surface area contributed by atoms with Crippen LogP contribution in [0.4, 0.5) is 0 Å². The SMILES string of the molecule is c1ccc(-c2c3ccccc3n3c2oc2c4c5ccccc5n(-c5ccccc5)c4ccc23)cc1. The standard InChI is InChI=1S/C32H20N2O/c1-3-11-21(12-4-1)29-23-15-7-10-18-26(23)34-28-20-19-27-30(31(28)35-32(29)34)24-16-8-9-17-25(24)33(27)22-13-5-2-6-14-22/h1-20H. The molecule has 8 rings (SSSR count). The smallest absolute Gasteiger partial charge is 0.213 e. The van der Waals surface area contributed by atoms with Gasteiger partial charge in [0.05, 0.1) is 33.0 Å². The van der Waals surface area contributed by atoms with Crippen molar-refractivity contribution in [2.75, 3.05) is 0 Å². The lowest BCUT2D eigenvalue weighted by molar-refractivity contribution is 0.662. The number of rotatable bonds is 2. The quantitative estimate of drug-likeness (QED) is 0.259. The largest absolute Gasteiger partial charge is 0.437 e. The number of fused-ring (bicyclic) bond motifs is 9. The second-order valence-corrected chi connectivity index (χ2v) is 9.00. The van der Waals surface area contributed by atoms with E-state index in [1.165, 1.54) is 16.3 Å². The molecule has 0 saturated heterocycles. The normalized spacial score (nSPS) is 12.0. The highest BCUT2D eigenvalue weighted by molar-refractivity contribution is 6.20. The van der Waals surface area contributed by atoms with Gasteiger partial charge in [-0.05, 0) is 42.0 Å². The zero-order valence-corrected chi connectivity index (χ0v) is 18.8. The number of oxazole rings is 1. The number of benzene rings is 5. The maximum atomic E-state index is 6.84. The lowest BCUT2D eigenvalue weighted by Gasteiger charge is -2.07. The van der Waals surface area contributed by atoms with E-state index in [-0.39, 0.29) is 0 Å². The first kappa shape index (κ1) is 18.6. The minimum absolute atomic E-state index is 0.886. The van der Waals surface area contributed by atoms with Gasteiger partial charge in [0.1, 0.15) is 0 Å². The van der Waals surface area contributed by atoms with E-state index in [0.717, 1.165) is 50.0 Å². The fourth-order valence-corrected chi connectivity index (χ4v) is 5.69. The first-order valence-electron chi connectivity index (χ1n) is 11.9. The van der Waals surface area contributed by atoms with Gasteiger partial charge < -0.3 is 8.98 Å². The van der Waals surface area contributed by atoms with E-state index in [1.807, 2.05) is 0 Å². The average Bonchev–Trinajstić information content (AvgIpc) is 3.56. The summed E-state index contributed by atoms with van der Waals surface area (Å²) in [7, 11) is 0. The molecule has 0 unspecified atom stereocenters. The molecule has 3 nitrogen and oxygen atoms in total. The summed E-state index contributed by atoms with van der Waals surface area (Å²) in [5, 5.41) is 3.54. The van der Waals surface area contributed by atoms with E-state index in [4.69, 9.17) is 4.42 Å². The Morgan fingerprint density at radius 1 is 0.486 bits per heavy atom. The van der Waals surface area contributed by atoms with Gasteiger partial charge in [-0.3, -0.25) is 4.40 Å². The van der Waals surface area contributed by atoms with Crippen LogP contribution in [0.15, 0.2) is 126 Å². The molecule has 0 fully saturated rings. The van der Waals surface area contributed by atoms with Crippen LogP contribution in [0, 0.1) is 0 Å². The Morgan fingerprint density at radius 3 is 1.91 bits per heavy atom. The third kappa shape index (κ3) is 2.44. The lowest BCUT2D eigenvalue weighted by Crippen LogP contribution is -1.92. The maximum absolute atomic E-state index is 6.84. The van der Waals surface area contributed by atoms with E-state index in [0.29, 0.717) is 0 Å². The molecule has 0 aliphatic heterocycles. The molecular formula is C32H20N2O. The molecule has 0 aliphatic rings. The Kier molecular flexibility index (Phi) is 3.66. The molecule has 8 aromatic rings. The van der Waals surface area contributed by atoms with E-state index >= 15 is 0 Å². The van der Waals surface area contributed by atoms with Gasteiger partial charge in [0.15, 0.2) is 5.58 Å². The summed E-state index contributed by atoms with van der Waals surface area (Å²) in [5.74, 6) is 0. The van der Waals surface area contributed by atoms with Crippen LogP contribution in [0.5, 0.6) is 0 Å². The molecule has 0 spiro atoms. The van der Waals surface area contributed by atoms with Gasteiger partial charge in [0, 0.05) is 16.5 Å². The molecular weight excluding hydrogens is 428 g/mol. The first-order valence-corrected chi connectivity index (χ1v) is 11.9. The van der Waals surface area contributed by atoms with Crippen LogP contribution < -0.4 is 0 Å². The molecule has 3 heterocycles. The number of para-hydroxylation sites is 3. The molecule has 5 aromatic carbocycles. The highest BCUT2D eigenvalue weighted by Crippen LogP contribution is 2.43. The summed E-state index contributed by atoms with van der Waals surface area (Å²) in [6.07, 6.45) is 0. The summed E-state index contributed by atoms with van der Waals surface area (Å²) < 4.78 is 11.5. The van der Waals surface area contributed by atoms with Crippen molar-refractivity contribution in [3.63, 3.8) is 0 Å². The molecule has 0 atom stereocenters. The fraction of sp³-hybridized carbons (Fsp3) is 0. The van der Waals surface area contributed by atoms with Gasteiger partial charge in [-0.15, -0.1) is 0 Å². The van der Waals surface area contributed by atoms with E-state index < -0.39 is 0 Å². The molecule has 35 heavy (non-hydrogen) atoms. The van der Waals surface area contributed by atoms with E-state index in [1.54, 1.807) is 0 Å². The highest BCUT2D eigenvalue weighted by Gasteiger charge is 2.23. The lowest BCUT2D eigenvalue weighted by atomic mass is 10.0. The Hall–Kier alpha value is -4.76. The predicted molar refractivity (Wildman–Crippen MR) is 144 cm³/mol. The second-order valence-electron chi connectivity index (χ2n) is 9.00. The Morgan fingerprint density at radius 2 is 1.11 bits per heavy atom. The third-order valence-corrected chi connectivity index (χ3v) is 7.12. The minimum atomic E-state index is 0.886. The summed E-state index contributed by atoms with van der Waals surface area (Å²) in [6.45, 7) is 0. The molecule has 3 aromatic heterocycles. The molecule has 164 valence electrons. The highest BCUT2D eigenvalue weighted by atomic mass is 16.3. The van der Waals surface area contributed by atoms with Crippen LogP contribution >= 0.6 is 0 Å². The Balaban J connectivity index is 1.59. The molecule has 0 aliphatic carbocycles. The van der Waals surface area contributed by atoms with Gasteiger partial charge in [-0.25, -0.2) is 0 Å². The minimum Gasteiger partial charge on any atom is -0.437 e. The summed E-state index contributed by atoms with van der Waals surface area (Å²) in [5.41, 5.74) is 9.82. The predicted octanol–water partition coefficient (Wildman–Crippen LogP) is 8.60. The van der Waals surface area contributed by atoms with Crippen molar-refractivity contribution in [2.45, 2.75) is 0 Å². The fourth-order valence-electron chi connectivity index (χ4n) is 5.69. The summed E-state index contributed by atoms with van der Waals surface area (Å²) in [4.78, 5) is 0. The van der Waals surface area contributed by atoms with Crippen molar-refractivity contribution in [2.24, 2.45) is 0 Å². The number of hydrogen-bond acceptors (Lipinski definition) is 1. The molecule has 0 amide bonds. The number of nitrogens with zero attached hydrogens (tertiary/aromatic N) is 2. The molecule has 0 bridgehead atoms. The third-order valence-electron chi connectivity index (χ3n) is 7.12. The summed E-state index contributed by atoms with van der Waals surface area (Å²) in [6, 6.07) is 42.7. The van der Waals surface area contributed by atoms with Crippen LogP contribution in [0.1, 0.15) is 0 Å². The van der Waals surface area contributed by atoms with Crippen LogP contribution in [-0.4, -0.2) is 8.97 Å². The van der Waals surface area contributed by atoms with Gasteiger partial charge in [-0.2, -0.15) is 0 Å². The molecule has 0 N–H and O–H groups in total. The van der Waals surface area contributed by atoms with E-state index in [2.05, 4.69) is 130 Å². The van der Waals surface area contributed by atoms with Gasteiger partial charge in [-0.1, -0.05) is 84.9 Å². The zero-order valence-electron chi connectivity index (χ0n) is 18.8. The van der Waals surface area contributed by atoms with Crippen molar-refractivity contribution in [3.8, 4) is 16.8 Å². The summed E-state index contributed by atoms with van der Waals surface area (Å²) >= 11 is 0. The van der Waals surface area contributed by atoms with Crippen molar-refractivity contribution in [1.29, 1.82) is 0 Å². The molecule has 3 heteroatoms. The maximum Gasteiger partial charge on any atom is 0.213 e. The van der Waals surface area contributed by atoms with Crippen molar-refractivity contribution >= 4 is 49.5 Å². The average molecular weight is 449 g/mol. The monoisotopic (exact) mass is 448 g/mol. The number of aromatic nitrogens is 2. The Labute approximate surface area is 201 Å². The van der Waals surface area contributed by atoms with Crippen molar-refractivity contribution in [3.05, 3.63) is 121 Å². The van der Waals surface area contributed by atoms with Crippen LogP contribution in [0.3, 0.4) is 0 Å². The van der Waals surface area contributed by atoms with Crippen LogP contribution in [-0.2, 0) is 0 Å². The second kappa shape index (κ2) is 6.87. The van der Waals surface area contributed by atoms with Crippen LogP contribution in [0.2, 0.25) is 0 Å². The van der Waals surface area contributed by atoms with Gasteiger partial charge in [0.25, 0.3) is 0 Å². The van der Waals surface area contributed by atoms with Crippen molar-refractivity contribution in [1.82, 2.24) is 8.97 Å².